The summed E-state index contributed by atoms with van der Waals surface area (Å²) in [4.78, 5) is 2.40. The van der Waals surface area contributed by atoms with E-state index in [1.54, 1.807) is 44.2 Å². The minimum Gasteiger partial charge on any atom is -0.423 e. The fraction of sp³-hybridized carbons (Fsp3) is 0.188. The van der Waals surface area contributed by atoms with Crippen LogP contribution in [0.3, 0.4) is 0 Å². The van der Waals surface area contributed by atoms with Crippen LogP contribution < -0.4 is 10.3 Å². The Hall–Kier alpha value is -2.16. The molecule has 126 valence electrons. The second kappa shape index (κ2) is 7.17. The molecular formula is C16H19BN2O4S. The molecule has 2 aromatic carbocycles. The van der Waals surface area contributed by atoms with Crippen LogP contribution in [-0.2, 0) is 10.0 Å². The van der Waals surface area contributed by atoms with Crippen molar-refractivity contribution in [2.75, 3.05) is 0 Å². The first kappa shape index (κ1) is 18.2. The third-order valence-electron chi connectivity index (χ3n) is 3.47. The summed E-state index contributed by atoms with van der Waals surface area (Å²) in [5, 5.41) is 22.0. The van der Waals surface area contributed by atoms with E-state index in [-0.39, 0.29) is 4.90 Å². The first-order valence-electron chi connectivity index (χ1n) is 7.29. The van der Waals surface area contributed by atoms with Crippen LogP contribution in [0.5, 0.6) is 0 Å². The van der Waals surface area contributed by atoms with E-state index < -0.39 is 17.1 Å². The number of benzene rings is 2. The van der Waals surface area contributed by atoms with E-state index in [1.165, 1.54) is 12.3 Å². The van der Waals surface area contributed by atoms with Gasteiger partial charge in [-0.05, 0) is 42.9 Å². The highest BCUT2D eigenvalue weighted by Crippen LogP contribution is 2.21. The Balaban J connectivity index is 2.23. The zero-order valence-corrected chi connectivity index (χ0v) is 14.5. The van der Waals surface area contributed by atoms with E-state index in [1.807, 2.05) is 6.92 Å². The number of hydrogen-bond acceptors (Lipinski definition) is 5. The second-order valence-corrected chi connectivity index (χ2v) is 7.22. The lowest BCUT2D eigenvalue weighted by Gasteiger charge is -2.11. The number of sulfonamides is 1. The van der Waals surface area contributed by atoms with E-state index in [4.69, 9.17) is 10.0 Å². The van der Waals surface area contributed by atoms with Gasteiger partial charge in [0.2, 0.25) is 0 Å². The topological polar surface area (TPSA) is 99.0 Å². The minimum absolute atomic E-state index is 0.213. The maximum Gasteiger partial charge on any atom is 0.488 e. The van der Waals surface area contributed by atoms with E-state index in [0.717, 1.165) is 5.56 Å². The first-order valence-corrected chi connectivity index (χ1v) is 8.78. The van der Waals surface area contributed by atoms with E-state index in [9.17, 15) is 8.42 Å². The van der Waals surface area contributed by atoms with Crippen LogP contribution in [0.2, 0.25) is 0 Å². The van der Waals surface area contributed by atoms with E-state index in [2.05, 4.69) is 9.93 Å². The van der Waals surface area contributed by atoms with Crippen LogP contribution in [0.1, 0.15) is 22.3 Å². The molecule has 8 heteroatoms. The zero-order chi connectivity index (χ0) is 17.9. The normalized spacial score (nSPS) is 11.7. The Morgan fingerprint density at radius 1 is 1.08 bits per heavy atom. The van der Waals surface area contributed by atoms with E-state index >= 15 is 0 Å². The molecule has 0 unspecified atom stereocenters. The Kier molecular flexibility index (Phi) is 5.43. The molecule has 0 heterocycles. The molecule has 0 saturated heterocycles. The molecule has 0 spiro atoms. The van der Waals surface area contributed by atoms with Gasteiger partial charge in [0.25, 0.3) is 10.0 Å². The van der Waals surface area contributed by atoms with Crippen LogP contribution in [0.4, 0.5) is 0 Å². The molecule has 6 nitrogen and oxygen atoms in total. The Morgan fingerprint density at radius 2 is 1.71 bits per heavy atom. The maximum absolute atomic E-state index is 12.4. The van der Waals surface area contributed by atoms with Gasteiger partial charge in [-0.3, -0.25) is 0 Å². The Morgan fingerprint density at radius 3 is 2.29 bits per heavy atom. The number of nitrogens with zero attached hydrogens (tertiary/aromatic N) is 1. The molecule has 0 fully saturated rings. The molecule has 2 aromatic rings. The lowest BCUT2D eigenvalue weighted by molar-refractivity contribution is 0.426. The predicted molar refractivity (Wildman–Crippen MR) is 94.8 cm³/mol. The zero-order valence-electron chi connectivity index (χ0n) is 13.7. The summed E-state index contributed by atoms with van der Waals surface area (Å²) in [5.41, 5.74) is 3.14. The molecule has 0 saturated carbocycles. The lowest BCUT2D eigenvalue weighted by atomic mass is 9.80. The summed E-state index contributed by atoms with van der Waals surface area (Å²) in [6.07, 6.45) is 1.31. The average molecular weight is 346 g/mol. The van der Waals surface area contributed by atoms with Crippen molar-refractivity contribution in [2.24, 2.45) is 5.10 Å². The van der Waals surface area contributed by atoms with Gasteiger partial charge in [-0.25, -0.2) is 4.83 Å². The Labute approximate surface area is 142 Å². The largest absolute Gasteiger partial charge is 0.488 e. The van der Waals surface area contributed by atoms with E-state index in [0.29, 0.717) is 22.2 Å². The molecule has 24 heavy (non-hydrogen) atoms. The van der Waals surface area contributed by atoms with Crippen molar-refractivity contribution < 1.29 is 18.5 Å². The molecule has 0 aromatic heterocycles. The summed E-state index contributed by atoms with van der Waals surface area (Å²) < 4.78 is 24.9. The van der Waals surface area contributed by atoms with Crippen molar-refractivity contribution in [3.05, 3.63) is 58.7 Å². The van der Waals surface area contributed by atoms with Gasteiger partial charge in [0.15, 0.2) is 0 Å². The molecule has 0 atom stereocenters. The molecule has 0 aliphatic heterocycles. The molecule has 3 N–H and O–H groups in total. The van der Waals surface area contributed by atoms with Crippen LogP contribution in [0, 0.1) is 20.8 Å². The number of hydrogen-bond donors (Lipinski definition) is 3. The van der Waals surface area contributed by atoms with Crippen molar-refractivity contribution in [1.82, 2.24) is 4.83 Å². The second-order valence-electron chi connectivity index (χ2n) is 5.62. The number of rotatable bonds is 5. The molecule has 0 radical (unpaired) electrons. The number of hydrazone groups is 1. The summed E-state index contributed by atoms with van der Waals surface area (Å²) in [5.74, 6) is 0. The number of aryl methyl sites for hydroxylation is 3. The van der Waals surface area contributed by atoms with Crippen molar-refractivity contribution in [1.29, 1.82) is 0 Å². The smallest absolute Gasteiger partial charge is 0.423 e. The standard InChI is InChI=1S/C16H19BN2O4S/c1-11-7-12(2)16(13(3)8-11)24(22,23)19-18-10-14-5-4-6-15(9-14)17(20)21/h4-10,19-21H,1-3H3. The third kappa shape index (κ3) is 4.22. The summed E-state index contributed by atoms with van der Waals surface area (Å²) >= 11 is 0. The SMILES string of the molecule is Cc1cc(C)c(S(=O)(=O)NN=Cc2cccc(B(O)O)c2)c(C)c1. The van der Waals surface area contributed by atoms with Crippen LogP contribution in [0.15, 0.2) is 46.4 Å². The highest BCUT2D eigenvalue weighted by Gasteiger charge is 2.19. The van der Waals surface area contributed by atoms with Crippen LogP contribution in [-0.4, -0.2) is 31.8 Å². The highest BCUT2D eigenvalue weighted by molar-refractivity contribution is 7.89. The quantitative estimate of drug-likeness (QED) is 0.420. The van der Waals surface area contributed by atoms with Gasteiger partial charge in [-0.2, -0.15) is 13.5 Å². The van der Waals surface area contributed by atoms with Crippen LogP contribution >= 0.6 is 0 Å². The Bertz CT molecular complexity index is 856. The number of nitrogens with one attached hydrogen (secondary N) is 1. The minimum atomic E-state index is -3.78. The molecular weight excluding hydrogens is 327 g/mol. The van der Waals surface area contributed by atoms with Gasteiger partial charge >= 0.3 is 7.12 Å². The maximum atomic E-state index is 12.4. The van der Waals surface area contributed by atoms with Gasteiger partial charge in [0, 0.05) is 0 Å². The van der Waals surface area contributed by atoms with Gasteiger partial charge in [-0.15, -0.1) is 0 Å². The molecule has 0 aliphatic carbocycles. The monoisotopic (exact) mass is 346 g/mol. The van der Waals surface area contributed by atoms with Gasteiger partial charge < -0.3 is 10.0 Å². The van der Waals surface area contributed by atoms with Crippen molar-refractivity contribution in [3.8, 4) is 0 Å². The first-order chi connectivity index (χ1) is 11.2. The van der Waals surface area contributed by atoms with Crippen molar-refractivity contribution >= 4 is 28.8 Å². The van der Waals surface area contributed by atoms with Crippen molar-refractivity contribution in [3.63, 3.8) is 0 Å². The summed E-state index contributed by atoms with van der Waals surface area (Å²) in [7, 11) is -5.37. The fourth-order valence-electron chi connectivity index (χ4n) is 2.61. The molecule has 0 amide bonds. The van der Waals surface area contributed by atoms with Gasteiger partial charge in [-0.1, -0.05) is 42.0 Å². The van der Waals surface area contributed by atoms with Crippen LogP contribution in [0.25, 0.3) is 0 Å². The van der Waals surface area contributed by atoms with Gasteiger partial charge in [0.05, 0.1) is 11.1 Å². The van der Waals surface area contributed by atoms with Gasteiger partial charge in [0.1, 0.15) is 0 Å². The molecule has 2 rings (SSSR count). The fourth-order valence-corrected chi connectivity index (χ4v) is 3.85. The third-order valence-corrected chi connectivity index (χ3v) is 5.00. The highest BCUT2D eigenvalue weighted by atomic mass is 32.2. The molecule has 0 bridgehead atoms. The lowest BCUT2D eigenvalue weighted by Crippen LogP contribution is -2.29. The predicted octanol–water partition coefficient (Wildman–Crippen LogP) is 0.604. The average Bonchev–Trinajstić information content (AvgIpc) is 2.45. The summed E-state index contributed by atoms with van der Waals surface area (Å²) in [6, 6.07) is 9.95. The molecule has 0 aliphatic rings. The summed E-state index contributed by atoms with van der Waals surface area (Å²) in [6.45, 7) is 5.39. The van der Waals surface area contributed by atoms with Crippen molar-refractivity contribution in [2.45, 2.75) is 25.7 Å².